The molecule has 0 spiro atoms. The molecule has 1 heterocycles. The molecule has 19 heavy (non-hydrogen) atoms. The van der Waals surface area contributed by atoms with E-state index < -0.39 is 0 Å². The van der Waals surface area contributed by atoms with Gasteiger partial charge < -0.3 is 16.2 Å². The molecule has 0 radical (unpaired) electrons. The number of ether oxygens (including phenoxy) is 1. The van der Waals surface area contributed by atoms with Crippen molar-refractivity contribution in [3.8, 4) is 11.6 Å². The monoisotopic (exact) mass is 260 g/mol. The maximum absolute atomic E-state index is 5.93. The fourth-order valence-corrected chi connectivity index (χ4v) is 1.82. The molecule has 1 aromatic carbocycles. The molecule has 1 aromatic heterocycles. The summed E-state index contributed by atoms with van der Waals surface area (Å²) in [5.41, 5.74) is 12.3. The molecule has 0 aliphatic heterocycles. The van der Waals surface area contributed by atoms with Crippen LogP contribution in [0.5, 0.6) is 11.6 Å². The number of rotatable bonds is 6. The predicted molar refractivity (Wildman–Crippen MR) is 77.1 cm³/mol. The van der Waals surface area contributed by atoms with Crippen LogP contribution in [0.3, 0.4) is 0 Å². The van der Waals surface area contributed by atoms with Gasteiger partial charge in [0.15, 0.2) is 0 Å². The Balaban J connectivity index is 2.11. The van der Waals surface area contributed by atoms with Crippen LogP contribution in [0.4, 0.5) is 11.5 Å². The Morgan fingerprint density at radius 3 is 2.58 bits per heavy atom. The number of hydrogen-bond donors (Lipinski definition) is 2. The smallest absolute Gasteiger partial charge is 0.264 e. The molecule has 0 saturated carbocycles. The maximum atomic E-state index is 5.93. The molecule has 102 valence electrons. The zero-order chi connectivity index (χ0) is 13.7. The van der Waals surface area contributed by atoms with Gasteiger partial charge >= 0.3 is 0 Å². The Kier molecular flexibility index (Phi) is 4.28. The summed E-state index contributed by atoms with van der Waals surface area (Å²) in [6.45, 7) is 2.92. The highest BCUT2D eigenvalue weighted by Crippen LogP contribution is 2.30. The van der Waals surface area contributed by atoms with Crippen LogP contribution in [0.15, 0.2) is 30.3 Å². The summed E-state index contributed by atoms with van der Waals surface area (Å²) >= 11 is 0. The highest BCUT2D eigenvalue weighted by molar-refractivity contribution is 5.66. The third-order valence-electron chi connectivity index (χ3n) is 2.93. The third-order valence-corrected chi connectivity index (χ3v) is 2.93. The highest BCUT2D eigenvalue weighted by atomic mass is 16.5. The van der Waals surface area contributed by atoms with Gasteiger partial charge in [0.25, 0.3) is 5.88 Å². The molecular formula is C14H20N4O. The summed E-state index contributed by atoms with van der Waals surface area (Å²) in [4.78, 5) is 0. The van der Waals surface area contributed by atoms with E-state index in [4.69, 9.17) is 16.2 Å². The number of benzene rings is 1. The lowest BCUT2D eigenvalue weighted by Crippen LogP contribution is -2.05. The van der Waals surface area contributed by atoms with E-state index in [0.29, 0.717) is 23.1 Å². The van der Waals surface area contributed by atoms with Crippen LogP contribution >= 0.6 is 0 Å². The SMILES string of the molecule is CCCCCn1nc(Oc2ccccc2)c(N)c1N. The first kappa shape index (κ1) is 13.3. The number of aromatic nitrogens is 2. The Labute approximate surface area is 113 Å². The van der Waals surface area contributed by atoms with Crippen molar-refractivity contribution in [3.05, 3.63) is 30.3 Å². The number of hydrogen-bond acceptors (Lipinski definition) is 4. The summed E-state index contributed by atoms with van der Waals surface area (Å²) in [6, 6.07) is 9.42. The second-order valence-electron chi connectivity index (χ2n) is 4.45. The minimum atomic E-state index is 0.375. The van der Waals surface area contributed by atoms with E-state index in [1.54, 1.807) is 4.68 Å². The van der Waals surface area contributed by atoms with Gasteiger partial charge in [-0.05, 0) is 18.6 Å². The second-order valence-corrected chi connectivity index (χ2v) is 4.45. The van der Waals surface area contributed by atoms with Crippen molar-refractivity contribution in [1.82, 2.24) is 9.78 Å². The lowest BCUT2D eigenvalue weighted by Gasteiger charge is -2.02. The summed E-state index contributed by atoms with van der Waals surface area (Å²) in [7, 11) is 0. The third kappa shape index (κ3) is 3.19. The molecule has 0 aliphatic carbocycles. The molecular weight excluding hydrogens is 240 g/mol. The van der Waals surface area contributed by atoms with Crippen molar-refractivity contribution in [1.29, 1.82) is 0 Å². The van der Waals surface area contributed by atoms with Crippen molar-refractivity contribution in [2.75, 3.05) is 11.5 Å². The van der Waals surface area contributed by atoms with Gasteiger partial charge in [-0.3, -0.25) is 0 Å². The zero-order valence-electron chi connectivity index (χ0n) is 11.2. The maximum Gasteiger partial charge on any atom is 0.264 e. The van der Waals surface area contributed by atoms with Gasteiger partial charge in [0, 0.05) is 6.54 Å². The minimum Gasteiger partial charge on any atom is -0.436 e. The average molecular weight is 260 g/mol. The Morgan fingerprint density at radius 1 is 1.16 bits per heavy atom. The van der Waals surface area contributed by atoms with Crippen LogP contribution in [0, 0.1) is 0 Å². The zero-order valence-corrected chi connectivity index (χ0v) is 11.2. The number of anilines is 2. The number of aryl methyl sites for hydroxylation is 1. The Morgan fingerprint density at radius 2 is 1.89 bits per heavy atom. The van der Waals surface area contributed by atoms with Gasteiger partial charge in [0.2, 0.25) is 0 Å². The first-order valence-corrected chi connectivity index (χ1v) is 6.57. The van der Waals surface area contributed by atoms with Gasteiger partial charge in [0.05, 0.1) is 0 Å². The highest BCUT2D eigenvalue weighted by Gasteiger charge is 2.14. The Hall–Kier alpha value is -2.17. The van der Waals surface area contributed by atoms with Crippen LogP contribution in [0.2, 0.25) is 0 Å². The fourth-order valence-electron chi connectivity index (χ4n) is 1.82. The van der Waals surface area contributed by atoms with Crippen LogP contribution in [-0.4, -0.2) is 9.78 Å². The topological polar surface area (TPSA) is 79.1 Å². The van der Waals surface area contributed by atoms with E-state index in [0.717, 1.165) is 25.8 Å². The number of para-hydroxylation sites is 1. The van der Waals surface area contributed by atoms with E-state index in [2.05, 4.69) is 12.0 Å². The van der Waals surface area contributed by atoms with Gasteiger partial charge in [0.1, 0.15) is 17.3 Å². The summed E-state index contributed by atoms with van der Waals surface area (Å²) in [5, 5.41) is 4.32. The van der Waals surface area contributed by atoms with Crippen molar-refractivity contribution in [2.45, 2.75) is 32.7 Å². The molecule has 0 unspecified atom stereocenters. The lowest BCUT2D eigenvalue weighted by molar-refractivity contribution is 0.445. The van der Waals surface area contributed by atoms with Gasteiger partial charge in [-0.15, -0.1) is 5.10 Å². The molecule has 5 heteroatoms. The average Bonchev–Trinajstić information content (AvgIpc) is 2.69. The molecule has 0 atom stereocenters. The Bertz CT molecular complexity index is 522. The minimum absolute atomic E-state index is 0.375. The van der Waals surface area contributed by atoms with E-state index in [1.165, 1.54) is 0 Å². The number of nitrogen functional groups attached to an aromatic ring is 2. The molecule has 0 amide bonds. The van der Waals surface area contributed by atoms with Crippen molar-refractivity contribution in [3.63, 3.8) is 0 Å². The van der Waals surface area contributed by atoms with Crippen LogP contribution in [0.25, 0.3) is 0 Å². The molecule has 2 aromatic rings. The number of unbranched alkanes of at least 4 members (excludes halogenated alkanes) is 2. The van der Waals surface area contributed by atoms with Gasteiger partial charge in [-0.25, -0.2) is 4.68 Å². The number of nitrogens with zero attached hydrogens (tertiary/aromatic N) is 2. The second kappa shape index (κ2) is 6.13. The van der Waals surface area contributed by atoms with Gasteiger partial charge in [-0.1, -0.05) is 38.0 Å². The van der Waals surface area contributed by atoms with Crippen LogP contribution in [-0.2, 0) is 6.54 Å². The largest absolute Gasteiger partial charge is 0.436 e. The van der Waals surface area contributed by atoms with Crippen molar-refractivity contribution in [2.24, 2.45) is 0 Å². The van der Waals surface area contributed by atoms with E-state index in [1.807, 2.05) is 30.3 Å². The summed E-state index contributed by atoms with van der Waals surface area (Å²) in [5.74, 6) is 1.55. The number of nitrogens with two attached hydrogens (primary N) is 2. The first-order valence-electron chi connectivity index (χ1n) is 6.57. The summed E-state index contributed by atoms with van der Waals surface area (Å²) in [6.07, 6.45) is 3.34. The molecule has 4 N–H and O–H groups in total. The van der Waals surface area contributed by atoms with Crippen LogP contribution < -0.4 is 16.2 Å². The quantitative estimate of drug-likeness (QED) is 0.782. The molecule has 5 nitrogen and oxygen atoms in total. The van der Waals surface area contributed by atoms with E-state index in [-0.39, 0.29) is 0 Å². The summed E-state index contributed by atoms with van der Waals surface area (Å²) < 4.78 is 7.35. The molecule has 0 aliphatic rings. The van der Waals surface area contributed by atoms with E-state index >= 15 is 0 Å². The lowest BCUT2D eigenvalue weighted by atomic mass is 10.2. The first-order chi connectivity index (χ1) is 9.22. The van der Waals surface area contributed by atoms with Crippen molar-refractivity contribution < 1.29 is 4.74 Å². The fraction of sp³-hybridized carbons (Fsp3) is 0.357. The predicted octanol–water partition coefficient (Wildman–Crippen LogP) is 3.03. The molecule has 2 rings (SSSR count). The van der Waals surface area contributed by atoms with Gasteiger partial charge in [-0.2, -0.15) is 0 Å². The molecule has 0 saturated heterocycles. The normalized spacial score (nSPS) is 10.6. The standard InChI is InChI=1S/C14H20N4O/c1-2-3-7-10-18-13(16)12(15)14(17-18)19-11-8-5-4-6-9-11/h4-6,8-9H,2-3,7,10,15-16H2,1H3. The molecule has 0 bridgehead atoms. The molecule has 0 fully saturated rings. The van der Waals surface area contributed by atoms with Crippen molar-refractivity contribution >= 4 is 11.5 Å². The van der Waals surface area contributed by atoms with E-state index in [9.17, 15) is 0 Å². The van der Waals surface area contributed by atoms with Crippen LogP contribution in [0.1, 0.15) is 26.2 Å².